The van der Waals surface area contributed by atoms with Crippen molar-refractivity contribution in [1.82, 2.24) is 4.90 Å². The number of β-lactam (4-membered cyclic amide) rings is 1. The van der Waals surface area contributed by atoms with Crippen molar-refractivity contribution in [3.05, 3.63) is 11.3 Å². The van der Waals surface area contributed by atoms with Gasteiger partial charge in [-0.1, -0.05) is 0 Å². The molecule has 6 nitrogen and oxygen atoms in total. The van der Waals surface area contributed by atoms with Crippen LogP contribution in [-0.4, -0.2) is 35.6 Å². The van der Waals surface area contributed by atoms with E-state index in [1.807, 2.05) is 6.92 Å². The van der Waals surface area contributed by atoms with Gasteiger partial charge in [0.2, 0.25) is 12.7 Å². The Morgan fingerprint density at radius 2 is 1.90 bits per heavy atom. The van der Waals surface area contributed by atoms with Crippen molar-refractivity contribution in [1.29, 1.82) is 0 Å². The van der Waals surface area contributed by atoms with E-state index in [9.17, 15) is 14.4 Å². The van der Waals surface area contributed by atoms with Crippen LogP contribution in [0.5, 0.6) is 0 Å². The molecule has 0 aromatic carbocycles. The van der Waals surface area contributed by atoms with Crippen LogP contribution in [0.3, 0.4) is 0 Å². The summed E-state index contributed by atoms with van der Waals surface area (Å²) in [5.74, 6) is -1.12. The first-order chi connectivity index (χ1) is 9.21. The monoisotopic (exact) mass is 281 g/mol. The number of carbonyl (C=O) groups excluding carboxylic acids is 3. The third-order valence-corrected chi connectivity index (χ3v) is 3.42. The number of carbonyl (C=O) groups is 3. The van der Waals surface area contributed by atoms with Gasteiger partial charge in [0.15, 0.2) is 0 Å². The Morgan fingerprint density at radius 1 is 1.25 bits per heavy atom. The molecular formula is C14H19NO5. The fraction of sp³-hybridized carbons (Fsp3) is 0.643. The predicted octanol–water partition coefficient (Wildman–Crippen LogP) is 1.35. The minimum absolute atomic E-state index is 0.0644. The number of amides is 1. The van der Waals surface area contributed by atoms with E-state index in [1.54, 1.807) is 20.8 Å². The molecule has 0 saturated carbocycles. The van der Waals surface area contributed by atoms with Crippen LogP contribution in [-0.2, 0) is 23.9 Å². The van der Waals surface area contributed by atoms with Gasteiger partial charge in [-0.05, 0) is 39.7 Å². The van der Waals surface area contributed by atoms with Crippen molar-refractivity contribution in [3.8, 4) is 0 Å². The Hall–Kier alpha value is -1.85. The van der Waals surface area contributed by atoms with Gasteiger partial charge in [-0.3, -0.25) is 9.59 Å². The minimum Gasteiger partial charge on any atom is -0.427 e. The molecule has 2 heterocycles. The van der Waals surface area contributed by atoms with E-state index in [1.165, 1.54) is 4.90 Å². The number of hydrogen-bond donors (Lipinski definition) is 0. The summed E-state index contributed by atoms with van der Waals surface area (Å²) in [4.78, 5) is 36.4. The summed E-state index contributed by atoms with van der Waals surface area (Å²) in [5, 5.41) is 0. The van der Waals surface area contributed by atoms with Crippen LogP contribution in [0.15, 0.2) is 11.3 Å². The molecule has 0 bridgehead atoms. The molecule has 0 aliphatic carbocycles. The Bertz CT molecular complexity index is 500. The van der Waals surface area contributed by atoms with Gasteiger partial charge in [0.05, 0.1) is 5.41 Å². The molecular weight excluding hydrogens is 262 g/mol. The molecule has 2 rings (SSSR count). The highest BCUT2D eigenvalue weighted by molar-refractivity contribution is 5.99. The number of rotatable bonds is 3. The summed E-state index contributed by atoms with van der Waals surface area (Å²) >= 11 is 0. The Kier molecular flexibility index (Phi) is 3.58. The van der Waals surface area contributed by atoms with Crippen molar-refractivity contribution in [2.45, 2.75) is 46.6 Å². The second-order valence-corrected chi connectivity index (χ2v) is 6.19. The number of ether oxygens (including phenoxy) is 2. The maximum atomic E-state index is 12.0. The topological polar surface area (TPSA) is 72.9 Å². The van der Waals surface area contributed by atoms with E-state index in [0.29, 0.717) is 18.5 Å². The zero-order valence-corrected chi connectivity index (χ0v) is 12.2. The Morgan fingerprint density at radius 3 is 2.45 bits per heavy atom. The first kappa shape index (κ1) is 14.6. The van der Waals surface area contributed by atoms with Crippen LogP contribution in [0.1, 0.15) is 40.5 Å². The summed E-state index contributed by atoms with van der Waals surface area (Å²) < 4.78 is 9.80. The van der Waals surface area contributed by atoms with E-state index >= 15 is 0 Å². The molecule has 0 N–H and O–H groups in total. The summed E-state index contributed by atoms with van der Waals surface area (Å²) in [6.07, 6.45) is 1.19. The van der Waals surface area contributed by atoms with Crippen LogP contribution in [0, 0.1) is 5.41 Å². The fourth-order valence-electron chi connectivity index (χ4n) is 2.30. The first-order valence-corrected chi connectivity index (χ1v) is 6.58. The maximum Gasteiger partial charge on any atom is 0.357 e. The van der Waals surface area contributed by atoms with E-state index in [4.69, 9.17) is 9.47 Å². The van der Waals surface area contributed by atoms with Gasteiger partial charge >= 0.3 is 11.9 Å². The largest absolute Gasteiger partial charge is 0.427 e. The molecule has 1 saturated heterocycles. The van der Waals surface area contributed by atoms with Gasteiger partial charge in [0, 0.05) is 12.5 Å². The molecule has 1 amide bonds. The highest BCUT2D eigenvalue weighted by Crippen LogP contribution is 2.38. The molecule has 1 atom stereocenters. The molecule has 20 heavy (non-hydrogen) atoms. The lowest BCUT2D eigenvalue weighted by molar-refractivity contribution is -0.173. The van der Waals surface area contributed by atoms with Crippen molar-refractivity contribution < 1.29 is 23.9 Å². The maximum absolute atomic E-state index is 12.0. The quantitative estimate of drug-likeness (QED) is 0.443. The van der Waals surface area contributed by atoms with Crippen molar-refractivity contribution in [2.75, 3.05) is 6.79 Å². The zero-order valence-electron chi connectivity index (χ0n) is 12.2. The summed E-state index contributed by atoms with van der Waals surface area (Å²) in [6.45, 7) is 6.51. The van der Waals surface area contributed by atoms with Crippen molar-refractivity contribution in [2.24, 2.45) is 5.41 Å². The molecule has 0 radical (unpaired) electrons. The molecule has 0 spiro atoms. The van der Waals surface area contributed by atoms with Gasteiger partial charge in [0.1, 0.15) is 5.70 Å². The molecule has 110 valence electrons. The lowest BCUT2D eigenvalue weighted by Gasteiger charge is -2.35. The number of hydrogen-bond acceptors (Lipinski definition) is 5. The highest BCUT2D eigenvalue weighted by Gasteiger charge is 2.46. The Balaban J connectivity index is 1.88. The van der Waals surface area contributed by atoms with Crippen LogP contribution in [0.25, 0.3) is 0 Å². The second kappa shape index (κ2) is 4.92. The second-order valence-electron chi connectivity index (χ2n) is 6.19. The Labute approximate surface area is 117 Å². The standard InChI is InChI=1S/C14H19NO5/c1-8-5-9-6-10(16)15(9)11(8)12(17)19-7-20-13(18)14(2,3)4/h9H,5-7H2,1-4H3. The van der Waals surface area contributed by atoms with Crippen molar-refractivity contribution in [3.63, 3.8) is 0 Å². The van der Waals surface area contributed by atoms with E-state index in [2.05, 4.69) is 0 Å². The predicted molar refractivity (Wildman–Crippen MR) is 69.1 cm³/mol. The lowest BCUT2D eigenvalue weighted by atomic mass is 9.98. The summed E-state index contributed by atoms with van der Waals surface area (Å²) in [5.41, 5.74) is 0.499. The molecule has 0 aromatic rings. The fourth-order valence-corrected chi connectivity index (χ4v) is 2.30. The molecule has 2 aliphatic rings. The SMILES string of the molecule is CC1=C(C(=O)OCOC(=O)C(C)(C)C)N2C(=O)CC2C1. The van der Waals surface area contributed by atoms with Gasteiger partial charge in [0.25, 0.3) is 0 Å². The molecule has 1 fully saturated rings. The van der Waals surface area contributed by atoms with Crippen LogP contribution >= 0.6 is 0 Å². The van der Waals surface area contributed by atoms with Crippen LogP contribution in [0.2, 0.25) is 0 Å². The third kappa shape index (κ3) is 2.55. The molecule has 6 heteroatoms. The minimum atomic E-state index is -0.645. The van der Waals surface area contributed by atoms with E-state index in [0.717, 1.165) is 5.57 Å². The lowest BCUT2D eigenvalue weighted by Crippen LogP contribution is -2.49. The number of nitrogens with zero attached hydrogens (tertiary/aromatic N) is 1. The third-order valence-electron chi connectivity index (χ3n) is 3.42. The number of esters is 2. The van der Waals surface area contributed by atoms with E-state index in [-0.39, 0.29) is 11.9 Å². The molecule has 2 aliphatic heterocycles. The highest BCUT2D eigenvalue weighted by atomic mass is 16.7. The van der Waals surface area contributed by atoms with Crippen LogP contribution in [0.4, 0.5) is 0 Å². The molecule has 1 unspecified atom stereocenters. The normalized spacial score (nSPS) is 21.5. The van der Waals surface area contributed by atoms with Gasteiger partial charge in [-0.15, -0.1) is 0 Å². The van der Waals surface area contributed by atoms with Gasteiger partial charge < -0.3 is 14.4 Å². The number of fused-ring (bicyclic) bond motifs is 1. The summed E-state index contributed by atoms with van der Waals surface area (Å²) in [6, 6.07) is 0.0992. The van der Waals surface area contributed by atoms with Gasteiger partial charge in [-0.2, -0.15) is 0 Å². The van der Waals surface area contributed by atoms with Crippen LogP contribution < -0.4 is 0 Å². The van der Waals surface area contributed by atoms with Crippen molar-refractivity contribution >= 4 is 17.8 Å². The first-order valence-electron chi connectivity index (χ1n) is 6.58. The molecule has 0 aromatic heterocycles. The van der Waals surface area contributed by atoms with Gasteiger partial charge in [-0.25, -0.2) is 4.79 Å². The average molecular weight is 281 g/mol. The average Bonchev–Trinajstić information content (AvgIpc) is 2.59. The summed E-state index contributed by atoms with van der Waals surface area (Å²) in [7, 11) is 0. The zero-order chi connectivity index (χ0) is 15.1. The smallest absolute Gasteiger partial charge is 0.357 e. The van der Waals surface area contributed by atoms with E-state index < -0.39 is 24.1 Å².